The van der Waals surface area contributed by atoms with Crippen LogP contribution in [-0.4, -0.2) is 19.3 Å². The fourth-order valence-electron chi connectivity index (χ4n) is 1.84. The van der Waals surface area contributed by atoms with Crippen molar-refractivity contribution < 1.29 is 9.53 Å². The molecule has 0 aliphatic heterocycles. The Morgan fingerprint density at radius 1 is 1.25 bits per heavy atom. The van der Waals surface area contributed by atoms with E-state index in [1.165, 1.54) is 11.8 Å². The van der Waals surface area contributed by atoms with Gasteiger partial charge in [-0.3, -0.25) is 4.79 Å². The number of carbonyl (C=O) groups is 1. The fourth-order valence-corrected chi connectivity index (χ4v) is 2.44. The number of nitrogens with one attached hydrogen (secondary N) is 1. The summed E-state index contributed by atoms with van der Waals surface area (Å²) in [7, 11) is 1.55. The Hall–Kier alpha value is -2.14. The Kier molecular flexibility index (Phi) is 4.53. The van der Waals surface area contributed by atoms with Gasteiger partial charge in [-0.05, 0) is 36.6 Å². The molecule has 5 heteroatoms. The molecule has 0 bridgehead atoms. The van der Waals surface area contributed by atoms with Gasteiger partial charge in [-0.25, -0.2) is 0 Å². The molecule has 0 radical (unpaired) electrons. The molecule has 0 aliphatic carbocycles. The number of benzene rings is 2. The second-order valence-corrected chi connectivity index (χ2v) is 4.96. The maximum atomic E-state index is 12.3. The van der Waals surface area contributed by atoms with Crippen LogP contribution in [0.1, 0.15) is 10.4 Å². The largest absolute Gasteiger partial charge is 0.495 e. The molecule has 2 aromatic rings. The Morgan fingerprint density at radius 3 is 2.65 bits per heavy atom. The van der Waals surface area contributed by atoms with Crippen LogP contribution in [0.3, 0.4) is 0 Å². The van der Waals surface area contributed by atoms with E-state index in [0.717, 1.165) is 4.90 Å². The third-order valence-corrected chi connectivity index (χ3v) is 3.63. The zero-order chi connectivity index (χ0) is 14.5. The molecule has 4 nitrogen and oxygen atoms in total. The van der Waals surface area contributed by atoms with Crippen LogP contribution in [0.2, 0.25) is 0 Å². The third-order valence-electron chi connectivity index (χ3n) is 2.84. The smallest absolute Gasteiger partial charge is 0.256 e. The fraction of sp³-hybridized carbons (Fsp3) is 0.133. The molecule has 0 aromatic heterocycles. The molecular weight excluding hydrogens is 272 g/mol. The number of carbonyl (C=O) groups excluding carboxylic acids is 1. The predicted octanol–water partition coefficient (Wildman–Crippen LogP) is 3.25. The number of thioether (sulfide) groups is 1. The number of rotatable bonds is 4. The maximum absolute atomic E-state index is 12.3. The van der Waals surface area contributed by atoms with Gasteiger partial charge < -0.3 is 15.8 Å². The minimum atomic E-state index is -0.153. The van der Waals surface area contributed by atoms with Crippen molar-refractivity contribution >= 4 is 29.0 Å². The lowest BCUT2D eigenvalue weighted by Crippen LogP contribution is -2.13. The van der Waals surface area contributed by atoms with E-state index in [2.05, 4.69) is 5.32 Å². The van der Waals surface area contributed by atoms with Crippen LogP contribution >= 0.6 is 11.8 Å². The molecule has 0 saturated heterocycles. The monoisotopic (exact) mass is 288 g/mol. The van der Waals surface area contributed by atoms with Gasteiger partial charge in [0.2, 0.25) is 0 Å². The molecule has 0 unspecified atom stereocenters. The summed E-state index contributed by atoms with van der Waals surface area (Å²) in [5.41, 5.74) is 7.60. The molecule has 20 heavy (non-hydrogen) atoms. The lowest BCUT2D eigenvalue weighted by Gasteiger charge is -2.10. The van der Waals surface area contributed by atoms with Gasteiger partial charge in [-0.1, -0.05) is 12.1 Å². The number of nitrogens with two attached hydrogens (primary N) is 1. The first-order valence-corrected chi connectivity index (χ1v) is 7.26. The maximum Gasteiger partial charge on any atom is 0.256 e. The number of amides is 1. The van der Waals surface area contributed by atoms with Crippen LogP contribution < -0.4 is 15.8 Å². The van der Waals surface area contributed by atoms with Crippen LogP contribution in [0.15, 0.2) is 47.4 Å². The summed E-state index contributed by atoms with van der Waals surface area (Å²) in [4.78, 5) is 13.2. The highest BCUT2D eigenvalue weighted by molar-refractivity contribution is 7.98. The van der Waals surface area contributed by atoms with Crippen LogP contribution in [0.25, 0.3) is 0 Å². The van der Waals surface area contributed by atoms with E-state index in [4.69, 9.17) is 10.5 Å². The number of nitrogen functional groups attached to an aromatic ring is 1. The van der Waals surface area contributed by atoms with Gasteiger partial charge in [0.25, 0.3) is 5.91 Å². The van der Waals surface area contributed by atoms with Crippen molar-refractivity contribution in [2.24, 2.45) is 0 Å². The normalized spacial score (nSPS) is 10.1. The summed E-state index contributed by atoms with van der Waals surface area (Å²) in [6.45, 7) is 0. The van der Waals surface area contributed by atoms with Crippen LogP contribution in [-0.2, 0) is 0 Å². The van der Waals surface area contributed by atoms with Crippen LogP contribution in [0.5, 0.6) is 5.75 Å². The van der Waals surface area contributed by atoms with E-state index in [1.54, 1.807) is 31.4 Å². The van der Waals surface area contributed by atoms with Gasteiger partial charge in [-0.15, -0.1) is 11.8 Å². The zero-order valence-electron chi connectivity index (χ0n) is 11.3. The van der Waals surface area contributed by atoms with Crippen molar-refractivity contribution in [3.63, 3.8) is 0 Å². The second-order valence-electron chi connectivity index (χ2n) is 4.11. The first kappa shape index (κ1) is 14.3. The van der Waals surface area contributed by atoms with Crippen molar-refractivity contribution in [1.82, 2.24) is 0 Å². The van der Waals surface area contributed by atoms with E-state index in [-0.39, 0.29) is 5.91 Å². The third kappa shape index (κ3) is 3.05. The standard InChI is InChI=1S/C15H16N2O2S/c1-19-13-8-7-10(9-12(13)16)17-15(18)11-5-3-4-6-14(11)20-2/h3-9H,16H2,1-2H3,(H,17,18). The van der Waals surface area contributed by atoms with E-state index in [9.17, 15) is 4.79 Å². The number of ether oxygens (including phenoxy) is 1. The first-order chi connectivity index (χ1) is 9.65. The number of hydrogen-bond donors (Lipinski definition) is 2. The number of methoxy groups -OCH3 is 1. The first-order valence-electron chi connectivity index (χ1n) is 6.03. The summed E-state index contributed by atoms with van der Waals surface area (Å²) >= 11 is 1.54. The molecule has 0 aliphatic rings. The Morgan fingerprint density at radius 2 is 2.00 bits per heavy atom. The minimum absolute atomic E-state index is 0.153. The molecule has 0 heterocycles. The van der Waals surface area contributed by atoms with Crippen molar-refractivity contribution in [2.75, 3.05) is 24.4 Å². The highest BCUT2D eigenvalue weighted by atomic mass is 32.2. The Bertz CT molecular complexity index is 629. The van der Waals surface area contributed by atoms with E-state index >= 15 is 0 Å². The van der Waals surface area contributed by atoms with Crippen molar-refractivity contribution in [2.45, 2.75) is 4.90 Å². The molecular formula is C15H16N2O2S. The van der Waals surface area contributed by atoms with Gasteiger partial charge in [0.15, 0.2) is 0 Å². The number of hydrogen-bond acceptors (Lipinski definition) is 4. The molecule has 2 rings (SSSR count). The van der Waals surface area contributed by atoms with E-state index < -0.39 is 0 Å². The quantitative estimate of drug-likeness (QED) is 0.669. The van der Waals surface area contributed by atoms with E-state index in [1.807, 2.05) is 24.5 Å². The number of anilines is 2. The average molecular weight is 288 g/mol. The summed E-state index contributed by atoms with van der Waals surface area (Å²) < 4.78 is 5.09. The molecule has 0 saturated carbocycles. The van der Waals surface area contributed by atoms with E-state index in [0.29, 0.717) is 22.7 Å². The van der Waals surface area contributed by atoms with Gasteiger partial charge in [0.1, 0.15) is 5.75 Å². The summed E-state index contributed by atoms with van der Waals surface area (Å²) in [5.74, 6) is 0.437. The molecule has 2 aromatic carbocycles. The second kappa shape index (κ2) is 6.34. The molecule has 0 fully saturated rings. The van der Waals surface area contributed by atoms with Gasteiger partial charge in [0.05, 0.1) is 18.4 Å². The molecule has 104 valence electrons. The average Bonchev–Trinajstić information content (AvgIpc) is 2.47. The van der Waals surface area contributed by atoms with Crippen molar-refractivity contribution in [1.29, 1.82) is 0 Å². The zero-order valence-corrected chi connectivity index (χ0v) is 12.2. The molecule has 0 spiro atoms. The summed E-state index contributed by atoms with van der Waals surface area (Å²) in [6, 6.07) is 12.6. The van der Waals surface area contributed by atoms with Crippen molar-refractivity contribution in [3.8, 4) is 5.75 Å². The molecule has 1 amide bonds. The Balaban J connectivity index is 2.21. The topological polar surface area (TPSA) is 64.3 Å². The van der Waals surface area contributed by atoms with Crippen molar-refractivity contribution in [3.05, 3.63) is 48.0 Å². The SMILES string of the molecule is COc1ccc(NC(=O)c2ccccc2SC)cc1N. The van der Waals surface area contributed by atoms with Gasteiger partial charge >= 0.3 is 0 Å². The lowest BCUT2D eigenvalue weighted by atomic mass is 10.2. The lowest BCUT2D eigenvalue weighted by molar-refractivity contribution is 0.102. The molecule has 3 N–H and O–H groups in total. The van der Waals surface area contributed by atoms with Crippen LogP contribution in [0, 0.1) is 0 Å². The van der Waals surface area contributed by atoms with Crippen LogP contribution in [0.4, 0.5) is 11.4 Å². The Labute approximate surface area is 122 Å². The minimum Gasteiger partial charge on any atom is -0.495 e. The predicted molar refractivity (Wildman–Crippen MR) is 83.6 cm³/mol. The highest BCUT2D eigenvalue weighted by Gasteiger charge is 2.11. The van der Waals surface area contributed by atoms with Gasteiger partial charge in [0, 0.05) is 10.6 Å². The van der Waals surface area contributed by atoms with Gasteiger partial charge in [-0.2, -0.15) is 0 Å². The highest BCUT2D eigenvalue weighted by Crippen LogP contribution is 2.26. The molecule has 0 atom stereocenters. The summed E-state index contributed by atoms with van der Waals surface area (Å²) in [6.07, 6.45) is 1.94. The summed E-state index contributed by atoms with van der Waals surface area (Å²) in [5, 5.41) is 2.84.